The van der Waals surface area contributed by atoms with E-state index < -0.39 is 24.3 Å². The van der Waals surface area contributed by atoms with E-state index in [4.69, 9.17) is 25.6 Å². The molecular weight excluding hydrogens is 347 g/mol. The fourth-order valence-corrected chi connectivity index (χ4v) is 2.80. The summed E-state index contributed by atoms with van der Waals surface area (Å²) in [7, 11) is 0.857. The van der Waals surface area contributed by atoms with Gasteiger partial charge in [0, 0.05) is 5.75 Å². The maximum Gasteiger partial charge on any atom is 0.491 e. The third-order valence-electron chi connectivity index (χ3n) is 4.49. The molecule has 130 valence electrons. The van der Waals surface area contributed by atoms with Gasteiger partial charge in [0.2, 0.25) is 0 Å². The fraction of sp³-hybridized carbons (Fsp3) is 0.471. The molecule has 1 aromatic rings. The monoisotopic (exact) mass is 368 g/mol. The minimum Gasteiger partial charge on any atom is -0.465 e. The Labute approximate surface area is 154 Å². The highest BCUT2D eigenvalue weighted by molar-refractivity contribution is 7.80. The summed E-state index contributed by atoms with van der Waals surface area (Å²) in [5.41, 5.74) is 1.24. The van der Waals surface area contributed by atoms with Crippen LogP contribution in [0.3, 0.4) is 0 Å². The molecule has 0 saturated carbocycles. The van der Waals surface area contributed by atoms with Crippen molar-refractivity contribution in [2.45, 2.75) is 38.9 Å². The van der Waals surface area contributed by atoms with Crippen molar-refractivity contribution in [1.29, 1.82) is 0 Å². The van der Waals surface area contributed by atoms with Gasteiger partial charge in [-0.15, -0.1) is 0 Å². The first-order valence-electron chi connectivity index (χ1n) is 7.66. The molecule has 0 atom stereocenters. The van der Waals surface area contributed by atoms with Crippen molar-refractivity contribution >= 4 is 43.4 Å². The molecule has 0 spiro atoms. The average molecular weight is 369 g/mol. The van der Waals surface area contributed by atoms with Gasteiger partial charge in [-0.2, -0.15) is 12.6 Å². The van der Waals surface area contributed by atoms with E-state index in [0.29, 0.717) is 16.3 Å². The molecule has 0 amide bonds. The second kappa shape index (κ2) is 7.12. The van der Waals surface area contributed by atoms with E-state index >= 15 is 0 Å². The minimum absolute atomic E-state index is 0.333. The lowest BCUT2D eigenvalue weighted by Gasteiger charge is -2.32. The number of halogens is 1. The van der Waals surface area contributed by atoms with E-state index in [1.807, 2.05) is 33.8 Å². The Balaban J connectivity index is 2.29. The van der Waals surface area contributed by atoms with Crippen LogP contribution in [0, 0.1) is 0 Å². The largest absolute Gasteiger partial charge is 0.491 e. The van der Waals surface area contributed by atoms with Gasteiger partial charge >= 0.3 is 13.1 Å². The first-order chi connectivity index (χ1) is 11.1. The molecule has 1 aromatic carbocycles. The SMILES string of the molecule is COC(=O)c1ccc(C=C(CS)B2OC(C)(C)C(C)(C)O2)cc1Cl. The Morgan fingerprint density at radius 1 is 1.29 bits per heavy atom. The van der Waals surface area contributed by atoms with E-state index in [1.165, 1.54) is 7.11 Å². The Kier molecular flexibility index (Phi) is 5.75. The van der Waals surface area contributed by atoms with Gasteiger partial charge in [-0.1, -0.05) is 23.7 Å². The molecule has 7 heteroatoms. The molecule has 1 aliphatic heterocycles. The van der Waals surface area contributed by atoms with Gasteiger partial charge in [0.05, 0.1) is 28.9 Å². The van der Waals surface area contributed by atoms with Crippen LogP contribution in [-0.4, -0.2) is 37.2 Å². The molecule has 1 saturated heterocycles. The molecule has 0 N–H and O–H groups in total. The standard InChI is InChI=1S/C17H22BClO4S/c1-16(2)17(3,4)23-18(22-16)12(10-24)8-11-6-7-13(14(19)9-11)15(20)21-5/h6-9,24H,10H2,1-5H3. The minimum atomic E-state index is -0.466. The van der Waals surface area contributed by atoms with Crippen molar-refractivity contribution < 1.29 is 18.8 Å². The highest BCUT2D eigenvalue weighted by Gasteiger charge is 2.52. The fourth-order valence-electron chi connectivity index (χ4n) is 2.29. The summed E-state index contributed by atoms with van der Waals surface area (Å²) < 4.78 is 16.8. The van der Waals surface area contributed by atoms with Crippen molar-refractivity contribution in [3.8, 4) is 0 Å². The second-order valence-electron chi connectivity index (χ2n) is 6.70. The van der Waals surface area contributed by atoms with Gasteiger partial charge in [0.25, 0.3) is 0 Å². The lowest BCUT2D eigenvalue weighted by Crippen LogP contribution is -2.41. The van der Waals surface area contributed by atoms with Crippen LogP contribution in [0.4, 0.5) is 0 Å². The van der Waals surface area contributed by atoms with Crippen molar-refractivity contribution in [3.05, 3.63) is 39.8 Å². The van der Waals surface area contributed by atoms with Crippen molar-refractivity contribution in [2.24, 2.45) is 0 Å². The van der Waals surface area contributed by atoms with Crippen molar-refractivity contribution in [2.75, 3.05) is 12.9 Å². The van der Waals surface area contributed by atoms with Gasteiger partial charge in [-0.05, 0) is 50.9 Å². The van der Waals surface area contributed by atoms with Gasteiger partial charge in [-0.25, -0.2) is 4.79 Å². The molecule has 0 bridgehead atoms. The van der Waals surface area contributed by atoms with Crippen LogP contribution < -0.4 is 0 Å². The summed E-state index contributed by atoms with van der Waals surface area (Å²) in [5.74, 6) is 0.0172. The van der Waals surface area contributed by atoms with E-state index in [0.717, 1.165) is 11.0 Å². The number of carbonyl (C=O) groups is 1. The van der Waals surface area contributed by atoms with Gasteiger partial charge in [0.1, 0.15) is 0 Å². The van der Waals surface area contributed by atoms with E-state index in [9.17, 15) is 4.79 Å². The maximum absolute atomic E-state index is 11.6. The molecule has 4 nitrogen and oxygen atoms in total. The number of ether oxygens (including phenoxy) is 1. The van der Waals surface area contributed by atoms with Gasteiger partial charge in [-0.3, -0.25) is 0 Å². The Hall–Kier alpha value is -0.945. The van der Waals surface area contributed by atoms with Crippen LogP contribution in [0.5, 0.6) is 0 Å². The summed E-state index contributed by atoms with van der Waals surface area (Å²) >= 11 is 10.6. The van der Waals surface area contributed by atoms with Crippen LogP contribution in [-0.2, 0) is 14.0 Å². The molecule has 0 aromatic heterocycles. The highest BCUT2D eigenvalue weighted by atomic mass is 35.5. The molecule has 2 rings (SSSR count). The summed E-state index contributed by atoms with van der Waals surface area (Å²) in [6.45, 7) is 8.02. The molecule has 0 radical (unpaired) electrons. The zero-order chi connectivity index (χ0) is 18.1. The highest BCUT2D eigenvalue weighted by Crippen LogP contribution is 2.39. The summed E-state index contributed by atoms with van der Waals surface area (Å²) in [5, 5.41) is 0.336. The van der Waals surface area contributed by atoms with Crippen LogP contribution in [0.25, 0.3) is 6.08 Å². The molecule has 24 heavy (non-hydrogen) atoms. The van der Waals surface area contributed by atoms with E-state index in [2.05, 4.69) is 12.6 Å². The molecule has 1 aliphatic rings. The predicted molar refractivity (Wildman–Crippen MR) is 101 cm³/mol. The number of hydrogen-bond acceptors (Lipinski definition) is 5. The average Bonchev–Trinajstić information content (AvgIpc) is 2.72. The molecule has 0 aliphatic carbocycles. The van der Waals surface area contributed by atoms with Crippen LogP contribution >= 0.6 is 24.2 Å². The van der Waals surface area contributed by atoms with Crippen molar-refractivity contribution in [3.63, 3.8) is 0 Å². The van der Waals surface area contributed by atoms with E-state index in [-0.39, 0.29) is 0 Å². The zero-order valence-corrected chi connectivity index (χ0v) is 16.2. The Morgan fingerprint density at radius 3 is 2.33 bits per heavy atom. The smallest absolute Gasteiger partial charge is 0.465 e. The first kappa shape index (κ1) is 19.4. The number of carbonyl (C=O) groups excluding carboxylic acids is 1. The Bertz CT molecular complexity index is 657. The normalized spacial score (nSPS) is 19.5. The second-order valence-corrected chi connectivity index (χ2v) is 7.42. The summed E-state index contributed by atoms with van der Waals surface area (Å²) in [6, 6.07) is 5.15. The number of hydrogen-bond donors (Lipinski definition) is 1. The summed E-state index contributed by atoms with van der Waals surface area (Å²) in [4.78, 5) is 11.6. The van der Waals surface area contributed by atoms with Gasteiger partial charge in [0.15, 0.2) is 0 Å². The molecular formula is C17H22BClO4S. The lowest BCUT2D eigenvalue weighted by molar-refractivity contribution is 0.00578. The zero-order valence-electron chi connectivity index (χ0n) is 14.6. The number of rotatable bonds is 4. The number of methoxy groups -OCH3 is 1. The third-order valence-corrected chi connectivity index (χ3v) is 5.17. The Morgan fingerprint density at radius 2 is 1.88 bits per heavy atom. The van der Waals surface area contributed by atoms with Gasteiger partial charge < -0.3 is 14.0 Å². The van der Waals surface area contributed by atoms with Crippen LogP contribution in [0.1, 0.15) is 43.6 Å². The quantitative estimate of drug-likeness (QED) is 0.494. The summed E-state index contributed by atoms with van der Waals surface area (Å²) in [6.07, 6.45) is 1.92. The number of benzene rings is 1. The topological polar surface area (TPSA) is 44.8 Å². The molecule has 1 heterocycles. The lowest BCUT2D eigenvalue weighted by atomic mass is 9.78. The number of esters is 1. The third kappa shape index (κ3) is 3.82. The van der Waals surface area contributed by atoms with Crippen molar-refractivity contribution in [1.82, 2.24) is 0 Å². The van der Waals surface area contributed by atoms with E-state index in [1.54, 1.807) is 18.2 Å². The number of thiol groups is 1. The maximum atomic E-state index is 11.6. The van der Waals surface area contributed by atoms with Crippen LogP contribution in [0.15, 0.2) is 23.7 Å². The molecule has 1 fully saturated rings. The first-order valence-corrected chi connectivity index (χ1v) is 8.67. The van der Waals surface area contributed by atoms with Crippen LogP contribution in [0.2, 0.25) is 5.02 Å². The molecule has 0 unspecified atom stereocenters. The predicted octanol–water partition coefficient (Wildman–Crippen LogP) is 4.07.